The normalized spacial score (nSPS) is 16.0. The molecular weight excluding hydrogens is 312 g/mol. The van der Waals surface area contributed by atoms with Gasteiger partial charge in [-0.1, -0.05) is 42.4 Å². The molecular formula is C16H18N4O2S. The van der Waals surface area contributed by atoms with Crippen LogP contribution in [0.25, 0.3) is 11.3 Å². The molecule has 1 atom stereocenters. The second-order valence-corrected chi connectivity index (χ2v) is 6.45. The van der Waals surface area contributed by atoms with Crippen LogP contribution < -0.4 is 14.7 Å². The zero-order valence-corrected chi connectivity index (χ0v) is 14.1. The molecule has 0 spiro atoms. The Hall–Kier alpha value is -2.15. The van der Waals surface area contributed by atoms with Crippen molar-refractivity contribution < 1.29 is 14.6 Å². The van der Waals surface area contributed by atoms with E-state index in [-0.39, 0.29) is 18.0 Å². The van der Waals surface area contributed by atoms with E-state index >= 15 is 0 Å². The molecule has 1 aromatic heterocycles. The largest absolute Gasteiger partial charge is 0.854 e. The molecule has 1 aromatic carbocycles. The molecule has 1 aliphatic rings. The number of benzene rings is 1. The molecule has 6 nitrogen and oxygen atoms in total. The van der Waals surface area contributed by atoms with Crippen molar-refractivity contribution in [2.45, 2.75) is 38.5 Å². The van der Waals surface area contributed by atoms with Gasteiger partial charge in [0.1, 0.15) is 0 Å². The van der Waals surface area contributed by atoms with E-state index in [0.29, 0.717) is 22.8 Å². The van der Waals surface area contributed by atoms with Gasteiger partial charge in [-0.3, -0.25) is 9.69 Å². The quantitative estimate of drug-likeness (QED) is 0.635. The van der Waals surface area contributed by atoms with Gasteiger partial charge < -0.3 is 5.11 Å². The number of carbonyl (C=O) groups excluding carboxylic acids is 1. The first-order valence-electron chi connectivity index (χ1n) is 7.61. The summed E-state index contributed by atoms with van der Waals surface area (Å²) in [4.78, 5) is 18.0. The van der Waals surface area contributed by atoms with Gasteiger partial charge in [0, 0.05) is 18.4 Å². The summed E-state index contributed by atoms with van der Waals surface area (Å²) in [5, 5.41) is 17.5. The number of thioether (sulfide) groups is 1. The number of carbonyl (C=O) groups is 1. The number of hydrogen-bond acceptors (Lipinski definition) is 5. The number of para-hydroxylation sites is 1. The lowest BCUT2D eigenvalue weighted by atomic mass is 10.0. The van der Waals surface area contributed by atoms with Crippen molar-refractivity contribution in [2.24, 2.45) is 0 Å². The van der Waals surface area contributed by atoms with Gasteiger partial charge in [-0.15, -0.1) is 0 Å². The Morgan fingerprint density at radius 3 is 2.78 bits per heavy atom. The third-order valence-electron chi connectivity index (χ3n) is 3.80. The highest BCUT2D eigenvalue weighted by Gasteiger charge is 2.41. The average molecular weight is 330 g/mol. The molecule has 0 N–H and O–H groups in total. The zero-order valence-electron chi connectivity index (χ0n) is 13.3. The Labute approximate surface area is 139 Å². The SMILES string of the molecule is CCSc1nc([O-])c2[n+](n1)C(CC)N(C(C)=O)c1ccccc1-2. The number of rotatable bonds is 3. The molecule has 0 bridgehead atoms. The number of anilines is 1. The van der Waals surface area contributed by atoms with Crippen molar-refractivity contribution in [3.63, 3.8) is 0 Å². The Kier molecular flexibility index (Phi) is 4.21. The van der Waals surface area contributed by atoms with E-state index in [2.05, 4.69) is 10.1 Å². The molecule has 23 heavy (non-hydrogen) atoms. The molecule has 1 amide bonds. The summed E-state index contributed by atoms with van der Waals surface area (Å²) in [5.74, 6) is 0.408. The summed E-state index contributed by atoms with van der Waals surface area (Å²) >= 11 is 1.42. The van der Waals surface area contributed by atoms with Crippen molar-refractivity contribution in [3.8, 4) is 17.1 Å². The van der Waals surface area contributed by atoms with E-state index in [9.17, 15) is 9.90 Å². The molecule has 0 saturated carbocycles. The van der Waals surface area contributed by atoms with Crippen LogP contribution in [0.5, 0.6) is 5.88 Å². The van der Waals surface area contributed by atoms with Gasteiger partial charge in [-0.25, -0.2) is 4.98 Å². The van der Waals surface area contributed by atoms with Gasteiger partial charge in [-0.2, -0.15) is 0 Å². The van der Waals surface area contributed by atoms with E-state index in [1.807, 2.05) is 38.1 Å². The van der Waals surface area contributed by atoms with Crippen LogP contribution in [0.2, 0.25) is 0 Å². The van der Waals surface area contributed by atoms with Crippen LogP contribution in [-0.4, -0.2) is 21.7 Å². The maximum Gasteiger partial charge on any atom is 0.266 e. The number of nitrogens with zero attached hydrogens (tertiary/aromatic N) is 4. The maximum atomic E-state index is 12.6. The third-order valence-corrected chi connectivity index (χ3v) is 4.52. The summed E-state index contributed by atoms with van der Waals surface area (Å²) < 4.78 is 1.66. The van der Waals surface area contributed by atoms with Crippen molar-refractivity contribution in [1.82, 2.24) is 10.1 Å². The first-order valence-corrected chi connectivity index (χ1v) is 8.59. The molecule has 1 unspecified atom stereocenters. The van der Waals surface area contributed by atoms with Crippen LogP contribution in [0.4, 0.5) is 5.69 Å². The minimum absolute atomic E-state index is 0.0711. The van der Waals surface area contributed by atoms with Gasteiger partial charge in [-0.05, 0) is 17.9 Å². The van der Waals surface area contributed by atoms with Gasteiger partial charge in [0.15, 0.2) is 0 Å². The summed E-state index contributed by atoms with van der Waals surface area (Å²) in [6.45, 7) is 5.49. The van der Waals surface area contributed by atoms with E-state index in [1.54, 1.807) is 9.58 Å². The van der Waals surface area contributed by atoms with E-state index in [1.165, 1.54) is 18.7 Å². The molecule has 2 heterocycles. The standard InChI is InChI=1S/C16H18N4O2S/c1-4-13-19(10(3)21)12-9-7-6-8-11(12)14-15(22)17-16(23-5-2)18-20(13)14/h6-9,13H,4-5H2,1-3H3. The Balaban J connectivity index is 2.30. The van der Waals surface area contributed by atoms with Gasteiger partial charge in [0.2, 0.25) is 5.91 Å². The summed E-state index contributed by atoms with van der Waals surface area (Å²) in [6, 6.07) is 7.41. The van der Waals surface area contributed by atoms with Crippen LogP contribution in [0, 0.1) is 0 Å². The fraction of sp³-hybridized carbons (Fsp3) is 0.375. The lowest BCUT2D eigenvalue weighted by molar-refractivity contribution is -0.772. The average Bonchev–Trinajstić information content (AvgIpc) is 2.53. The third kappa shape index (κ3) is 2.55. The Bertz CT molecular complexity index is 766. The van der Waals surface area contributed by atoms with Crippen molar-refractivity contribution >= 4 is 23.4 Å². The Morgan fingerprint density at radius 2 is 2.13 bits per heavy atom. The number of amides is 1. The second-order valence-electron chi connectivity index (χ2n) is 5.22. The van der Waals surface area contributed by atoms with Gasteiger partial charge in [0.25, 0.3) is 17.0 Å². The highest BCUT2D eigenvalue weighted by atomic mass is 32.2. The fourth-order valence-corrected chi connectivity index (χ4v) is 3.49. The molecule has 7 heteroatoms. The fourth-order valence-electron chi connectivity index (χ4n) is 2.94. The first kappa shape index (κ1) is 15.7. The van der Waals surface area contributed by atoms with Crippen molar-refractivity contribution in [3.05, 3.63) is 24.3 Å². The molecule has 0 aliphatic carbocycles. The van der Waals surface area contributed by atoms with Crippen molar-refractivity contribution in [1.29, 1.82) is 0 Å². The molecule has 3 rings (SSSR count). The molecule has 0 fully saturated rings. The molecule has 0 radical (unpaired) electrons. The lowest BCUT2D eigenvalue weighted by Gasteiger charge is -2.32. The minimum Gasteiger partial charge on any atom is -0.854 e. The predicted octanol–water partition coefficient (Wildman–Crippen LogP) is 1.89. The van der Waals surface area contributed by atoms with Crippen molar-refractivity contribution in [2.75, 3.05) is 10.7 Å². The summed E-state index contributed by atoms with van der Waals surface area (Å²) in [5.41, 5.74) is 1.89. The van der Waals surface area contributed by atoms with Crippen LogP contribution >= 0.6 is 11.8 Å². The number of aromatic nitrogens is 3. The first-order chi connectivity index (χ1) is 11.1. The highest BCUT2D eigenvalue weighted by molar-refractivity contribution is 7.99. The van der Waals surface area contributed by atoms with E-state index in [4.69, 9.17) is 0 Å². The summed E-state index contributed by atoms with van der Waals surface area (Å²) in [6.07, 6.45) is 0.336. The van der Waals surface area contributed by atoms with E-state index in [0.717, 1.165) is 11.4 Å². The zero-order chi connectivity index (χ0) is 16.6. The minimum atomic E-state index is -0.315. The van der Waals surface area contributed by atoms with Gasteiger partial charge >= 0.3 is 0 Å². The smallest absolute Gasteiger partial charge is 0.266 e. The van der Waals surface area contributed by atoms with Gasteiger partial charge in [0.05, 0.1) is 17.1 Å². The lowest BCUT2D eigenvalue weighted by Crippen LogP contribution is -2.58. The number of fused-ring (bicyclic) bond motifs is 3. The topological polar surface area (TPSA) is 73.0 Å². The predicted molar refractivity (Wildman–Crippen MR) is 86.0 cm³/mol. The van der Waals surface area contributed by atoms with Crippen LogP contribution in [-0.2, 0) is 4.79 Å². The summed E-state index contributed by atoms with van der Waals surface area (Å²) in [7, 11) is 0. The maximum absolute atomic E-state index is 12.6. The molecule has 2 aromatic rings. The van der Waals surface area contributed by atoms with Crippen LogP contribution in [0.3, 0.4) is 0 Å². The molecule has 0 saturated heterocycles. The molecule has 120 valence electrons. The van der Waals surface area contributed by atoms with E-state index < -0.39 is 0 Å². The van der Waals surface area contributed by atoms with Crippen LogP contribution in [0.1, 0.15) is 33.4 Å². The monoisotopic (exact) mass is 330 g/mol. The van der Waals surface area contributed by atoms with Crippen LogP contribution in [0.15, 0.2) is 29.4 Å². The molecule has 1 aliphatic heterocycles. The second kappa shape index (κ2) is 6.16. The Morgan fingerprint density at radius 1 is 1.39 bits per heavy atom. The highest BCUT2D eigenvalue weighted by Crippen LogP contribution is 2.39. The number of hydrogen-bond donors (Lipinski definition) is 0.